The van der Waals surface area contributed by atoms with E-state index in [4.69, 9.17) is 0 Å². The van der Waals surface area contributed by atoms with Crippen molar-refractivity contribution in [2.75, 3.05) is 19.6 Å². The number of halogens is 2. The van der Waals surface area contributed by atoms with Crippen LogP contribution in [0.5, 0.6) is 0 Å². The minimum atomic E-state index is 0. The van der Waals surface area contributed by atoms with Gasteiger partial charge in [0.25, 0.3) is 0 Å². The van der Waals surface area contributed by atoms with Gasteiger partial charge in [-0.25, -0.2) is 0 Å². The fourth-order valence-electron chi connectivity index (χ4n) is 0.671. The molecular weight excluding hydrogens is 157 g/mol. The Kier molecular flexibility index (Phi) is 20.5. The SMILES string of the molecule is CCN(CC)CC.Cl.Cl. The second-order valence-corrected chi connectivity index (χ2v) is 1.62. The van der Waals surface area contributed by atoms with Crippen molar-refractivity contribution in [3.8, 4) is 0 Å². The summed E-state index contributed by atoms with van der Waals surface area (Å²) < 4.78 is 0. The normalized spacial score (nSPS) is 8.00. The minimum Gasteiger partial charge on any atom is -0.304 e. The lowest BCUT2D eigenvalue weighted by Gasteiger charge is -2.13. The van der Waals surface area contributed by atoms with Crippen LogP contribution in [-0.4, -0.2) is 24.5 Å². The van der Waals surface area contributed by atoms with E-state index in [-0.39, 0.29) is 24.8 Å². The molecule has 0 spiro atoms. The average molecular weight is 174 g/mol. The monoisotopic (exact) mass is 173 g/mol. The Morgan fingerprint density at radius 3 is 1.00 bits per heavy atom. The number of rotatable bonds is 3. The zero-order valence-electron chi connectivity index (χ0n) is 6.39. The zero-order chi connectivity index (χ0) is 5.70. The van der Waals surface area contributed by atoms with Gasteiger partial charge in [0.15, 0.2) is 0 Å². The van der Waals surface area contributed by atoms with E-state index in [1.165, 1.54) is 19.6 Å². The standard InChI is InChI=1S/C6H15N.2ClH/c1-4-7(5-2)6-3;;/h4-6H2,1-3H3;2*1H. The Balaban J connectivity index is -0.000000180. The quantitative estimate of drug-likeness (QED) is 0.633. The number of hydrogen-bond acceptors (Lipinski definition) is 1. The van der Waals surface area contributed by atoms with Crippen LogP contribution in [0.2, 0.25) is 0 Å². The smallest absolute Gasteiger partial charge is 0.00474 e. The number of hydrogen-bond donors (Lipinski definition) is 0. The van der Waals surface area contributed by atoms with Crippen LogP contribution in [0.25, 0.3) is 0 Å². The van der Waals surface area contributed by atoms with E-state index < -0.39 is 0 Å². The van der Waals surface area contributed by atoms with Crippen LogP contribution in [0.15, 0.2) is 0 Å². The van der Waals surface area contributed by atoms with Crippen molar-refractivity contribution >= 4 is 24.8 Å². The maximum absolute atomic E-state index is 2.38. The molecule has 0 saturated heterocycles. The summed E-state index contributed by atoms with van der Waals surface area (Å²) in [5.74, 6) is 0. The van der Waals surface area contributed by atoms with Gasteiger partial charge in [-0.15, -0.1) is 24.8 Å². The van der Waals surface area contributed by atoms with Crippen LogP contribution in [0.4, 0.5) is 0 Å². The first-order valence-corrected chi connectivity index (χ1v) is 3.07. The lowest BCUT2D eigenvalue weighted by molar-refractivity contribution is 0.321. The topological polar surface area (TPSA) is 3.24 Å². The summed E-state index contributed by atoms with van der Waals surface area (Å²) in [5.41, 5.74) is 0. The van der Waals surface area contributed by atoms with Gasteiger partial charge in [0.2, 0.25) is 0 Å². The van der Waals surface area contributed by atoms with Crippen molar-refractivity contribution in [3.63, 3.8) is 0 Å². The Morgan fingerprint density at radius 2 is 1.00 bits per heavy atom. The van der Waals surface area contributed by atoms with Gasteiger partial charge >= 0.3 is 0 Å². The molecular formula is C6H17Cl2N. The first-order valence-electron chi connectivity index (χ1n) is 3.07. The third-order valence-electron chi connectivity index (χ3n) is 1.34. The molecule has 0 N–H and O–H groups in total. The lowest BCUT2D eigenvalue weighted by atomic mass is 10.5. The molecule has 0 aromatic carbocycles. The van der Waals surface area contributed by atoms with Crippen LogP contribution >= 0.6 is 24.8 Å². The van der Waals surface area contributed by atoms with Crippen LogP contribution in [0.3, 0.4) is 0 Å². The van der Waals surface area contributed by atoms with Crippen LogP contribution in [0.1, 0.15) is 20.8 Å². The van der Waals surface area contributed by atoms with Gasteiger partial charge < -0.3 is 4.90 Å². The second-order valence-electron chi connectivity index (χ2n) is 1.62. The summed E-state index contributed by atoms with van der Waals surface area (Å²) >= 11 is 0. The molecule has 0 rings (SSSR count). The summed E-state index contributed by atoms with van der Waals surface area (Å²) in [6, 6.07) is 0. The van der Waals surface area contributed by atoms with E-state index >= 15 is 0 Å². The van der Waals surface area contributed by atoms with E-state index in [0.29, 0.717) is 0 Å². The highest BCUT2D eigenvalue weighted by Crippen LogP contribution is 1.81. The molecule has 0 bridgehead atoms. The van der Waals surface area contributed by atoms with Crippen LogP contribution < -0.4 is 0 Å². The summed E-state index contributed by atoms with van der Waals surface area (Å²) in [5, 5.41) is 0. The van der Waals surface area contributed by atoms with Crippen molar-refractivity contribution in [3.05, 3.63) is 0 Å². The van der Waals surface area contributed by atoms with Gasteiger partial charge in [0.05, 0.1) is 0 Å². The molecule has 0 radical (unpaired) electrons. The second kappa shape index (κ2) is 11.4. The molecule has 0 heterocycles. The van der Waals surface area contributed by atoms with Crippen LogP contribution in [0, 0.1) is 0 Å². The first kappa shape index (κ1) is 16.3. The molecule has 60 valence electrons. The fraction of sp³-hybridized carbons (Fsp3) is 1.00. The average Bonchev–Trinajstić information content (AvgIpc) is 1.72. The molecule has 9 heavy (non-hydrogen) atoms. The fourth-order valence-corrected chi connectivity index (χ4v) is 0.671. The molecule has 0 aliphatic rings. The third kappa shape index (κ3) is 8.54. The third-order valence-corrected chi connectivity index (χ3v) is 1.34. The molecule has 1 nitrogen and oxygen atoms in total. The van der Waals surface area contributed by atoms with E-state index in [1.807, 2.05) is 0 Å². The largest absolute Gasteiger partial charge is 0.304 e. The predicted octanol–water partition coefficient (Wildman–Crippen LogP) is 2.19. The molecule has 0 unspecified atom stereocenters. The lowest BCUT2D eigenvalue weighted by Crippen LogP contribution is -2.21. The summed E-state index contributed by atoms with van der Waals surface area (Å²) in [6.07, 6.45) is 0. The van der Waals surface area contributed by atoms with Gasteiger partial charge in [-0.1, -0.05) is 20.8 Å². The summed E-state index contributed by atoms with van der Waals surface area (Å²) in [6.45, 7) is 10.1. The molecule has 0 fully saturated rings. The van der Waals surface area contributed by atoms with Crippen molar-refractivity contribution in [1.29, 1.82) is 0 Å². The van der Waals surface area contributed by atoms with Gasteiger partial charge in [0, 0.05) is 0 Å². The molecule has 0 aromatic heterocycles. The molecule has 0 atom stereocenters. The maximum Gasteiger partial charge on any atom is -0.00474 e. The molecule has 0 aromatic rings. The van der Waals surface area contributed by atoms with Gasteiger partial charge in [0.1, 0.15) is 0 Å². The number of nitrogens with zero attached hydrogens (tertiary/aromatic N) is 1. The van der Waals surface area contributed by atoms with E-state index in [2.05, 4.69) is 25.7 Å². The molecule has 0 amide bonds. The molecule has 0 saturated carbocycles. The van der Waals surface area contributed by atoms with Gasteiger partial charge in [-0.2, -0.15) is 0 Å². The van der Waals surface area contributed by atoms with Crippen molar-refractivity contribution < 1.29 is 0 Å². The molecule has 0 aliphatic carbocycles. The Morgan fingerprint density at radius 1 is 0.778 bits per heavy atom. The Labute approximate surface area is 70.6 Å². The highest BCUT2D eigenvalue weighted by molar-refractivity contribution is 5.85. The van der Waals surface area contributed by atoms with Gasteiger partial charge in [-0.05, 0) is 19.6 Å². The molecule has 3 heteroatoms. The Bertz CT molecular complexity index is 32.5. The van der Waals surface area contributed by atoms with Crippen molar-refractivity contribution in [2.24, 2.45) is 0 Å². The Hall–Kier alpha value is 0.540. The molecule has 0 aliphatic heterocycles. The van der Waals surface area contributed by atoms with E-state index in [0.717, 1.165) is 0 Å². The minimum absolute atomic E-state index is 0. The van der Waals surface area contributed by atoms with Crippen LogP contribution in [-0.2, 0) is 0 Å². The van der Waals surface area contributed by atoms with Crippen molar-refractivity contribution in [1.82, 2.24) is 4.90 Å². The highest BCUT2D eigenvalue weighted by atomic mass is 35.5. The maximum atomic E-state index is 2.38. The first-order chi connectivity index (χ1) is 3.35. The predicted molar refractivity (Wildman–Crippen MR) is 48.0 cm³/mol. The van der Waals surface area contributed by atoms with Gasteiger partial charge in [-0.3, -0.25) is 0 Å². The zero-order valence-corrected chi connectivity index (χ0v) is 8.02. The summed E-state index contributed by atoms with van der Waals surface area (Å²) in [4.78, 5) is 2.38. The highest BCUT2D eigenvalue weighted by Gasteiger charge is 1.89. The van der Waals surface area contributed by atoms with E-state index in [9.17, 15) is 0 Å². The van der Waals surface area contributed by atoms with E-state index in [1.54, 1.807) is 0 Å². The summed E-state index contributed by atoms with van der Waals surface area (Å²) in [7, 11) is 0. The van der Waals surface area contributed by atoms with Crippen molar-refractivity contribution in [2.45, 2.75) is 20.8 Å².